The Bertz CT molecular complexity index is 829. The summed E-state index contributed by atoms with van der Waals surface area (Å²) in [6.07, 6.45) is 0.600. The quantitative estimate of drug-likeness (QED) is 0.553. The second kappa shape index (κ2) is 7.92. The number of hydrazone groups is 1. The van der Waals surface area contributed by atoms with Crippen molar-refractivity contribution in [2.75, 3.05) is 24.5 Å². The molecular weight excluding hydrogens is 346 g/mol. The van der Waals surface area contributed by atoms with Gasteiger partial charge in [-0.1, -0.05) is 6.07 Å². The van der Waals surface area contributed by atoms with Gasteiger partial charge in [0.2, 0.25) is 0 Å². The zero-order chi connectivity index (χ0) is 19.3. The van der Waals surface area contributed by atoms with Crippen LogP contribution in [0.2, 0.25) is 0 Å². The summed E-state index contributed by atoms with van der Waals surface area (Å²) >= 11 is 0. The molecule has 1 aliphatic heterocycles. The zero-order valence-electron chi connectivity index (χ0n) is 13.9. The van der Waals surface area contributed by atoms with Crippen molar-refractivity contribution >= 4 is 40.9 Å². The van der Waals surface area contributed by atoms with E-state index < -0.39 is 23.8 Å². The molecule has 0 bridgehead atoms. The highest BCUT2D eigenvalue weighted by atomic mass is 16.5. The van der Waals surface area contributed by atoms with Crippen molar-refractivity contribution in [3.63, 3.8) is 0 Å². The van der Waals surface area contributed by atoms with Gasteiger partial charge in [0.1, 0.15) is 5.70 Å². The molecular formula is C16H15N3O7. The minimum atomic E-state index is -1.27. The number of hydrogen-bond donors (Lipinski definition) is 2. The molecule has 1 heterocycles. The largest absolute Gasteiger partial charge is 0.477 e. The molecule has 0 spiro atoms. The number of amides is 1. The Hall–Kier alpha value is -3.69. The lowest BCUT2D eigenvalue weighted by Gasteiger charge is -2.14. The fourth-order valence-electron chi connectivity index (χ4n) is 2.05. The topological polar surface area (TPSA) is 135 Å². The van der Waals surface area contributed by atoms with E-state index in [4.69, 9.17) is 5.11 Å². The Morgan fingerprint density at radius 2 is 2.00 bits per heavy atom. The molecule has 0 unspecified atom stereocenters. The van der Waals surface area contributed by atoms with Gasteiger partial charge in [-0.05, 0) is 18.2 Å². The van der Waals surface area contributed by atoms with E-state index >= 15 is 0 Å². The summed E-state index contributed by atoms with van der Waals surface area (Å²) < 4.78 is 9.07. The van der Waals surface area contributed by atoms with Gasteiger partial charge < -0.3 is 19.9 Å². The van der Waals surface area contributed by atoms with Crippen molar-refractivity contribution in [1.82, 2.24) is 0 Å². The third-order valence-corrected chi connectivity index (χ3v) is 3.26. The van der Waals surface area contributed by atoms with Crippen LogP contribution in [-0.2, 0) is 28.7 Å². The summed E-state index contributed by atoms with van der Waals surface area (Å²) in [4.78, 5) is 46.0. The second-order valence-electron chi connectivity index (χ2n) is 4.98. The van der Waals surface area contributed by atoms with Gasteiger partial charge in [0.15, 0.2) is 5.71 Å². The van der Waals surface area contributed by atoms with Gasteiger partial charge in [0, 0.05) is 5.69 Å². The molecule has 2 N–H and O–H groups in total. The van der Waals surface area contributed by atoms with Gasteiger partial charge in [-0.3, -0.25) is 4.79 Å². The fraction of sp³-hybridized carbons (Fsp3) is 0.188. The van der Waals surface area contributed by atoms with Crippen molar-refractivity contribution in [2.45, 2.75) is 6.42 Å². The molecule has 10 heteroatoms. The smallest absolute Gasteiger partial charge is 0.354 e. The molecule has 136 valence electrons. The Balaban J connectivity index is 2.30. The van der Waals surface area contributed by atoms with Crippen molar-refractivity contribution in [3.05, 3.63) is 36.0 Å². The van der Waals surface area contributed by atoms with Crippen LogP contribution in [0.5, 0.6) is 0 Å². The number of methoxy groups -OCH3 is 2. The van der Waals surface area contributed by atoms with Gasteiger partial charge in [0.25, 0.3) is 5.91 Å². The first kappa shape index (κ1) is 18.6. The molecule has 10 nitrogen and oxygen atoms in total. The van der Waals surface area contributed by atoms with Crippen LogP contribution in [0, 0.1) is 0 Å². The normalized spacial score (nSPS) is 13.9. The number of ether oxygens (including phenoxy) is 2. The van der Waals surface area contributed by atoms with E-state index in [9.17, 15) is 19.2 Å². The lowest BCUT2D eigenvalue weighted by Crippen LogP contribution is -2.20. The summed E-state index contributed by atoms with van der Waals surface area (Å²) in [7, 11) is 2.31. The first-order chi connectivity index (χ1) is 12.3. The molecule has 2 rings (SSSR count). The Kier molecular flexibility index (Phi) is 5.68. The molecule has 0 saturated heterocycles. The fourth-order valence-corrected chi connectivity index (χ4v) is 2.05. The van der Waals surface area contributed by atoms with Gasteiger partial charge in [-0.25, -0.2) is 14.4 Å². The molecule has 0 aromatic heterocycles. The Morgan fingerprint density at radius 3 is 2.58 bits per heavy atom. The van der Waals surface area contributed by atoms with Crippen LogP contribution in [0.3, 0.4) is 0 Å². The number of rotatable bonds is 6. The molecule has 0 radical (unpaired) electrons. The zero-order valence-corrected chi connectivity index (χ0v) is 13.9. The van der Waals surface area contributed by atoms with E-state index in [1.54, 1.807) is 18.2 Å². The minimum Gasteiger partial charge on any atom is -0.477 e. The van der Waals surface area contributed by atoms with E-state index in [0.717, 1.165) is 25.3 Å². The summed E-state index contributed by atoms with van der Waals surface area (Å²) in [5.74, 6) is -3.34. The predicted octanol–water partition coefficient (Wildman–Crippen LogP) is 0.506. The average Bonchev–Trinajstić information content (AvgIpc) is 3.02. The molecule has 1 amide bonds. The van der Waals surface area contributed by atoms with Crippen LogP contribution < -0.4 is 10.3 Å². The molecule has 0 atom stereocenters. The first-order valence-corrected chi connectivity index (χ1v) is 7.24. The number of carbonyl (C=O) groups is 4. The summed E-state index contributed by atoms with van der Waals surface area (Å²) in [5, 5.41) is 16.4. The van der Waals surface area contributed by atoms with Gasteiger partial charge in [0.05, 0.1) is 32.4 Å². The SMILES string of the molecule is COC(=O)/C=C(/Nc1cccc(N2N=C(C(=O)O)CC2=O)c1)C(=O)OC. The number of nitrogens with zero attached hydrogens (tertiary/aromatic N) is 2. The molecule has 1 aromatic rings. The molecule has 0 saturated carbocycles. The third kappa shape index (κ3) is 4.23. The van der Waals surface area contributed by atoms with Gasteiger partial charge in [-0.2, -0.15) is 10.1 Å². The highest BCUT2D eigenvalue weighted by Gasteiger charge is 2.29. The molecule has 1 aromatic carbocycles. The van der Waals surface area contributed by atoms with Crippen molar-refractivity contribution in [1.29, 1.82) is 0 Å². The van der Waals surface area contributed by atoms with Crippen LogP contribution >= 0.6 is 0 Å². The standard InChI is InChI=1S/C16H15N3O7/c1-25-14(21)8-12(16(24)26-2)17-9-4-3-5-10(6-9)19-13(20)7-11(18-19)15(22)23/h3-6,8,17H,7H2,1-2H3,(H,22,23)/b12-8+. The highest BCUT2D eigenvalue weighted by Crippen LogP contribution is 2.24. The van der Waals surface area contributed by atoms with Crippen molar-refractivity contribution in [2.24, 2.45) is 5.10 Å². The van der Waals surface area contributed by atoms with E-state index in [1.165, 1.54) is 6.07 Å². The number of aliphatic carboxylic acids is 1. The van der Waals surface area contributed by atoms with Crippen LogP contribution in [0.15, 0.2) is 41.1 Å². The molecule has 1 aliphatic rings. The molecule has 0 fully saturated rings. The summed E-state index contributed by atoms with van der Waals surface area (Å²) in [6.45, 7) is 0. The van der Waals surface area contributed by atoms with Crippen LogP contribution in [0.1, 0.15) is 6.42 Å². The van der Waals surface area contributed by atoms with Crippen molar-refractivity contribution in [3.8, 4) is 0 Å². The van der Waals surface area contributed by atoms with E-state index in [1.807, 2.05) is 0 Å². The number of carboxylic acids is 1. The summed E-state index contributed by atoms with van der Waals surface area (Å²) in [5.41, 5.74) is 0.182. The monoisotopic (exact) mass is 361 g/mol. The third-order valence-electron chi connectivity index (χ3n) is 3.26. The lowest BCUT2D eigenvalue weighted by atomic mass is 10.2. The number of esters is 2. The van der Waals surface area contributed by atoms with E-state index in [-0.39, 0.29) is 17.8 Å². The Morgan fingerprint density at radius 1 is 1.27 bits per heavy atom. The molecule has 26 heavy (non-hydrogen) atoms. The number of nitrogens with one attached hydrogen (secondary N) is 1. The van der Waals surface area contributed by atoms with Gasteiger partial charge in [-0.15, -0.1) is 0 Å². The predicted molar refractivity (Wildman–Crippen MR) is 89.4 cm³/mol. The van der Waals surface area contributed by atoms with Crippen LogP contribution in [0.4, 0.5) is 11.4 Å². The average molecular weight is 361 g/mol. The minimum absolute atomic E-state index is 0.182. The Labute approximate surface area is 147 Å². The maximum Gasteiger partial charge on any atom is 0.354 e. The summed E-state index contributed by atoms with van der Waals surface area (Å²) in [6, 6.07) is 6.13. The maximum atomic E-state index is 11.9. The number of carbonyl (C=O) groups excluding carboxylic acids is 3. The number of hydrogen-bond acceptors (Lipinski definition) is 8. The van der Waals surface area contributed by atoms with E-state index in [0.29, 0.717) is 11.4 Å². The van der Waals surface area contributed by atoms with Gasteiger partial charge >= 0.3 is 17.9 Å². The highest BCUT2D eigenvalue weighted by molar-refractivity contribution is 6.42. The first-order valence-electron chi connectivity index (χ1n) is 7.24. The second-order valence-corrected chi connectivity index (χ2v) is 4.98. The number of carboxylic acid groups (broad SMARTS) is 1. The van der Waals surface area contributed by atoms with Crippen molar-refractivity contribution < 1.29 is 33.8 Å². The number of benzene rings is 1. The number of anilines is 2. The van der Waals surface area contributed by atoms with E-state index in [2.05, 4.69) is 19.9 Å². The molecule has 0 aliphatic carbocycles. The lowest BCUT2D eigenvalue weighted by molar-refractivity contribution is -0.138. The van der Waals surface area contributed by atoms with Crippen LogP contribution in [-0.4, -0.2) is 48.9 Å². The maximum absolute atomic E-state index is 11.9. The van der Waals surface area contributed by atoms with Crippen LogP contribution in [0.25, 0.3) is 0 Å².